The van der Waals surface area contributed by atoms with E-state index in [0.29, 0.717) is 22.8 Å². The van der Waals surface area contributed by atoms with Crippen LogP contribution in [0.2, 0.25) is 0 Å². The molecule has 1 aliphatic rings. The summed E-state index contributed by atoms with van der Waals surface area (Å²) in [5.74, 6) is 0.120. The summed E-state index contributed by atoms with van der Waals surface area (Å²) >= 11 is 0. The summed E-state index contributed by atoms with van der Waals surface area (Å²) in [6.45, 7) is 9.89. The van der Waals surface area contributed by atoms with E-state index in [1.807, 2.05) is 6.92 Å². The lowest BCUT2D eigenvalue weighted by atomic mass is 9.99. The number of hydrogen-bond acceptors (Lipinski definition) is 10. The van der Waals surface area contributed by atoms with Gasteiger partial charge in [0.05, 0.1) is 24.8 Å². The molecule has 4 rings (SSSR count). The highest BCUT2D eigenvalue weighted by molar-refractivity contribution is 7.89. The van der Waals surface area contributed by atoms with Gasteiger partial charge in [-0.3, -0.25) is 4.79 Å². The second-order valence-corrected chi connectivity index (χ2v) is 12.5. The molecule has 0 fully saturated rings. The van der Waals surface area contributed by atoms with Gasteiger partial charge in [0.25, 0.3) is 5.91 Å². The van der Waals surface area contributed by atoms with Crippen LogP contribution < -0.4 is 15.4 Å². The first-order valence-corrected chi connectivity index (χ1v) is 14.8. The molecule has 1 aliphatic heterocycles. The van der Waals surface area contributed by atoms with Crippen LogP contribution in [0.4, 0.5) is 16.2 Å². The van der Waals surface area contributed by atoms with E-state index in [-0.39, 0.29) is 53.3 Å². The first-order valence-electron chi connectivity index (χ1n) is 13.4. The number of amides is 3. The number of aryl methyl sites for hydroxylation is 4. The standard InChI is InChI=1S/C27H36N6O8S/c1-14-11-33(15(2)13-34)26(35)21-10-20(28-27(36)29-24-16(3)30-40-18(24)5)8-9-22(21)39-23(14)12-32(7)42(37,38)25-17(4)31-41-19(25)6/h8-10,14-15,23,34H,11-13H2,1-7H3,(H2,28,29,36)/t14-,15-,23-/m1/s1. The average molecular weight is 605 g/mol. The van der Waals surface area contributed by atoms with Gasteiger partial charge in [-0.2, -0.15) is 4.31 Å². The molecule has 42 heavy (non-hydrogen) atoms. The molecular formula is C27H36N6O8S. The van der Waals surface area contributed by atoms with Crippen LogP contribution in [0.25, 0.3) is 0 Å². The summed E-state index contributed by atoms with van der Waals surface area (Å²) in [7, 11) is -2.52. The number of urea groups is 1. The number of hydrogen-bond donors (Lipinski definition) is 3. The Kier molecular flexibility index (Phi) is 8.94. The molecule has 0 bridgehead atoms. The summed E-state index contributed by atoms with van der Waals surface area (Å²) in [5, 5.41) is 22.9. The quantitative estimate of drug-likeness (QED) is 0.346. The number of sulfonamides is 1. The zero-order valence-corrected chi connectivity index (χ0v) is 25.4. The molecule has 3 aromatic rings. The lowest BCUT2D eigenvalue weighted by Crippen LogP contribution is -2.50. The third-order valence-corrected chi connectivity index (χ3v) is 9.34. The number of carbonyl (C=O) groups excluding carboxylic acids is 2. The molecule has 3 atom stereocenters. The molecular weight excluding hydrogens is 568 g/mol. The molecule has 0 saturated heterocycles. The van der Waals surface area contributed by atoms with Gasteiger partial charge < -0.3 is 34.4 Å². The highest BCUT2D eigenvalue weighted by Gasteiger charge is 2.36. The lowest BCUT2D eigenvalue weighted by Gasteiger charge is -2.38. The van der Waals surface area contributed by atoms with E-state index in [1.54, 1.807) is 39.8 Å². The molecule has 15 heteroatoms. The number of aromatic nitrogens is 2. The lowest BCUT2D eigenvalue weighted by molar-refractivity contribution is 0.0387. The predicted octanol–water partition coefficient (Wildman–Crippen LogP) is 3.08. The Hall–Kier alpha value is -3.95. The monoisotopic (exact) mass is 604 g/mol. The zero-order chi connectivity index (χ0) is 30.9. The van der Waals surface area contributed by atoms with Gasteiger partial charge >= 0.3 is 6.03 Å². The summed E-state index contributed by atoms with van der Waals surface area (Å²) < 4.78 is 44.4. The molecule has 228 valence electrons. The van der Waals surface area contributed by atoms with Crippen molar-refractivity contribution < 1.29 is 36.9 Å². The maximum Gasteiger partial charge on any atom is 0.323 e. The van der Waals surface area contributed by atoms with Crippen LogP contribution in [0, 0.1) is 33.6 Å². The molecule has 2 aromatic heterocycles. The van der Waals surface area contributed by atoms with E-state index < -0.39 is 34.1 Å². The van der Waals surface area contributed by atoms with Crippen LogP contribution in [0.1, 0.15) is 47.1 Å². The van der Waals surface area contributed by atoms with Gasteiger partial charge in [0, 0.05) is 25.2 Å². The van der Waals surface area contributed by atoms with Crippen LogP contribution in [0.5, 0.6) is 5.75 Å². The third kappa shape index (κ3) is 6.12. The Morgan fingerprint density at radius 3 is 2.40 bits per heavy atom. The Morgan fingerprint density at radius 2 is 1.81 bits per heavy atom. The number of rotatable bonds is 8. The average Bonchev–Trinajstić information content (AvgIpc) is 3.45. The second kappa shape index (κ2) is 12.1. The van der Waals surface area contributed by atoms with E-state index in [2.05, 4.69) is 20.9 Å². The van der Waals surface area contributed by atoms with Crippen molar-refractivity contribution in [2.24, 2.45) is 5.92 Å². The first-order chi connectivity index (χ1) is 19.7. The maximum atomic E-state index is 13.7. The van der Waals surface area contributed by atoms with Crippen molar-refractivity contribution in [3.05, 3.63) is 46.7 Å². The number of likely N-dealkylation sites (N-methyl/N-ethyl adjacent to an activating group) is 1. The second-order valence-electron chi connectivity index (χ2n) is 10.6. The van der Waals surface area contributed by atoms with Gasteiger partial charge in [-0.25, -0.2) is 13.2 Å². The number of carbonyl (C=O) groups is 2. The van der Waals surface area contributed by atoms with Gasteiger partial charge in [0.1, 0.15) is 33.8 Å². The fourth-order valence-electron chi connectivity index (χ4n) is 4.81. The molecule has 0 radical (unpaired) electrons. The Morgan fingerprint density at radius 1 is 1.14 bits per heavy atom. The van der Waals surface area contributed by atoms with Crippen molar-refractivity contribution >= 4 is 33.3 Å². The number of nitrogens with zero attached hydrogens (tertiary/aromatic N) is 4. The number of ether oxygens (including phenoxy) is 1. The third-order valence-electron chi connectivity index (χ3n) is 7.27. The van der Waals surface area contributed by atoms with Crippen molar-refractivity contribution in [1.82, 2.24) is 19.5 Å². The van der Waals surface area contributed by atoms with Gasteiger partial charge in [0.15, 0.2) is 11.5 Å². The van der Waals surface area contributed by atoms with Crippen molar-refractivity contribution in [1.29, 1.82) is 0 Å². The van der Waals surface area contributed by atoms with Gasteiger partial charge in [0.2, 0.25) is 10.0 Å². The summed E-state index contributed by atoms with van der Waals surface area (Å²) in [4.78, 5) is 27.9. The normalized spacial score (nSPS) is 18.2. The molecule has 0 unspecified atom stereocenters. The molecule has 0 spiro atoms. The van der Waals surface area contributed by atoms with E-state index >= 15 is 0 Å². The minimum absolute atomic E-state index is 0.000172. The van der Waals surface area contributed by atoms with Crippen LogP contribution >= 0.6 is 0 Å². The maximum absolute atomic E-state index is 13.7. The predicted molar refractivity (Wildman–Crippen MR) is 152 cm³/mol. The molecule has 0 saturated carbocycles. The molecule has 0 aliphatic carbocycles. The number of benzene rings is 1. The zero-order valence-electron chi connectivity index (χ0n) is 24.6. The molecule has 3 amide bonds. The van der Waals surface area contributed by atoms with E-state index in [0.717, 1.165) is 0 Å². The summed E-state index contributed by atoms with van der Waals surface area (Å²) in [5.41, 5.74) is 1.67. The number of fused-ring (bicyclic) bond motifs is 1. The van der Waals surface area contributed by atoms with E-state index in [1.165, 1.54) is 29.2 Å². The SMILES string of the molecule is Cc1noc(C)c1NC(=O)Nc1ccc2c(c1)C(=O)N([C@H](C)CO)C[C@@H](C)[C@@H](CN(C)S(=O)(=O)c1c(C)noc1C)O2. The van der Waals surface area contributed by atoms with E-state index in [4.69, 9.17) is 13.8 Å². The van der Waals surface area contributed by atoms with E-state index in [9.17, 15) is 23.1 Å². The van der Waals surface area contributed by atoms with Gasteiger partial charge in [-0.1, -0.05) is 17.2 Å². The first kappa shape index (κ1) is 31.0. The molecule has 3 N–H and O–H groups in total. The Labute approximate surface area is 244 Å². The highest BCUT2D eigenvalue weighted by atomic mass is 32.2. The number of anilines is 2. The Balaban J connectivity index is 1.64. The van der Waals surface area contributed by atoms with Crippen LogP contribution in [-0.4, -0.2) is 83.9 Å². The summed E-state index contributed by atoms with van der Waals surface area (Å²) in [6.07, 6.45) is -0.674. The van der Waals surface area contributed by atoms with Crippen LogP contribution in [0.15, 0.2) is 32.1 Å². The molecule has 3 heterocycles. The molecule has 14 nitrogen and oxygen atoms in total. The van der Waals surface area contributed by atoms with Crippen molar-refractivity contribution in [2.75, 3.05) is 37.4 Å². The summed E-state index contributed by atoms with van der Waals surface area (Å²) in [6, 6.07) is 3.51. The molecule has 1 aromatic carbocycles. The van der Waals surface area contributed by atoms with Crippen LogP contribution in [-0.2, 0) is 10.0 Å². The van der Waals surface area contributed by atoms with Crippen molar-refractivity contribution in [3.63, 3.8) is 0 Å². The largest absolute Gasteiger partial charge is 0.488 e. The highest BCUT2D eigenvalue weighted by Crippen LogP contribution is 2.32. The van der Waals surface area contributed by atoms with Crippen molar-refractivity contribution in [3.8, 4) is 5.75 Å². The fraction of sp³-hybridized carbons (Fsp3) is 0.481. The fourth-order valence-corrected chi connectivity index (χ4v) is 6.27. The number of aliphatic hydroxyl groups excluding tert-OH is 1. The Bertz CT molecular complexity index is 1540. The minimum atomic E-state index is -3.96. The minimum Gasteiger partial charge on any atom is -0.488 e. The van der Waals surface area contributed by atoms with Gasteiger partial charge in [-0.05, 0) is 52.8 Å². The number of aliphatic hydroxyl groups is 1. The smallest absolute Gasteiger partial charge is 0.323 e. The topological polar surface area (TPSA) is 180 Å². The van der Waals surface area contributed by atoms with Crippen molar-refractivity contribution in [2.45, 2.75) is 58.6 Å². The number of nitrogens with one attached hydrogen (secondary N) is 2. The van der Waals surface area contributed by atoms with Gasteiger partial charge in [-0.15, -0.1) is 0 Å². The van der Waals surface area contributed by atoms with Crippen LogP contribution in [0.3, 0.4) is 0 Å².